The van der Waals surface area contributed by atoms with Gasteiger partial charge in [-0.15, -0.1) is 0 Å². The molecule has 68 valence electrons. The zero-order valence-corrected chi connectivity index (χ0v) is 4.88. The molecule has 0 rings (SSSR count). The van der Waals surface area contributed by atoms with Gasteiger partial charge in [-0.05, 0) is 0 Å². The van der Waals surface area contributed by atoms with Crippen LogP contribution in [0.4, 0.5) is 26.3 Å². The molecule has 0 saturated carbocycles. The molecule has 0 radical (unpaired) electrons. The maximum atomic E-state index is 10.9. The minimum Gasteiger partial charge on any atom is -0.344 e. The van der Waals surface area contributed by atoms with E-state index < -0.39 is 18.1 Å². The lowest BCUT2D eigenvalue weighted by molar-refractivity contribution is -0.217. The highest BCUT2D eigenvalue weighted by Crippen LogP contribution is 2.28. The van der Waals surface area contributed by atoms with Gasteiger partial charge in [0.15, 0.2) is 0 Å². The number of halogens is 6. The Kier molecular flexibility index (Phi) is 3.59. The number of rotatable bonds is 0. The Labute approximate surface area is 56.8 Å². The summed E-state index contributed by atoms with van der Waals surface area (Å²) in [7, 11) is 0. The summed E-state index contributed by atoms with van der Waals surface area (Å²) in [6, 6.07) is 0. The predicted octanol–water partition coefficient (Wildman–Crippen LogP) is 1.84. The van der Waals surface area contributed by atoms with E-state index in [1.165, 1.54) is 0 Å². The Morgan fingerprint density at radius 2 is 1.00 bits per heavy atom. The first-order valence-electron chi connectivity index (χ1n) is 1.84. The van der Waals surface area contributed by atoms with Crippen molar-refractivity contribution in [3.05, 3.63) is 0 Å². The molecule has 0 aromatic rings. The van der Waals surface area contributed by atoms with Gasteiger partial charge in [0.2, 0.25) is 0 Å². The Bertz CT molecular complexity index is 129. The first kappa shape index (κ1) is 12.8. The first-order valence-corrected chi connectivity index (χ1v) is 1.84. The third-order valence-corrected chi connectivity index (χ3v) is 0.515. The van der Waals surface area contributed by atoms with Crippen molar-refractivity contribution in [3.63, 3.8) is 0 Å². The van der Waals surface area contributed by atoms with E-state index in [1.54, 1.807) is 0 Å². The molecule has 0 spiro atoms. The third kappa shape index (κ3) is 3.81. The summed E-state index contributed by atoms with van der Waals surface area (Å²) >= 11 is 0. The quantitative estimate of drug-likeness (QED) is 0.582. The Hall–Kier alpha value is -0.790. The SMILES string of the molecule is N.O=C(C(F)(F)F)C(F)(F)F. The summed E-state index contributed by atoms with van der Waals surface area (Å²) < 4.78 is 65.3. The monoisotopic (exact) mass is 183 g/mol. The minimum absolute atomic E-state index is 0. The lowest BCUT2D eigenvalue weighted by Gasteiger charge is -2.06. The van der Waals surface area contributed by atoms with Crippen LogP contribution in [0.5, 0.6) is 0 Å². The number of carbonyl (C=O) groups excluding carboxylic acids is 1. The lowest BCUT2D eigenvalue weighted by atomic mass is 10.4. The molecule has 0 unspecified atom stereocenters. The second-order valence-electron chi connectivity index (χ2n) is 1.32. The van der Waals surface area contributed by atoms with E-state index >= 15 is 0 Å². The van der Waals surface area contributed by atoms with Gasteiger partial charge in [-0.1, -0.05) is 0 Å². The van der Waals surface area contributed by atoms with Crippen molar-refractivity contribution in [3.8, 4) is 0 Å². The smallest absolute Gasteiger partial charge is 0.344 e. The van der Waals surface area contributed by atoms with Gasteiger partial charge in [0.05, 0.1) is 0 Å². The van der Waals surface area contributed by atoms with Crippen LogP contribution < -0.4 is 6.15 Å². The van der Waals surface area contributed by atoms with Crippen LogP contribution in [-0.4, -0.2) is 18.1 Å². The Morgan fingerprint density at radius 3 is 1.00 bits per heavy atom. The second-order valence-corrected chi connectivity index (χ2v) is 1.32. The molecule has 0 aromatic carbocycles. The van der Waals surface area contributed by atoms with Crippen LogP contribution in [0.15, 0.2) is 0 Å². The van der Waals surface area contributed by atoms with Crippen LogP contribution in [0.25, 0.3) is 0 Å². The topological polar surface area (TPSA) is 52.1 Å². The lowest BCUT2D eigenvalue weighted by Crippen LogP contribution is -2.36. The summed E-state index contributed by atoms with van der Waals surface area (Å²) in [5.41, 5.74) is 0. The standard InChI is InChI=1S/C3F6O.H3N/c4-2(5,6)1(10)3(7,8)9;/h;1H3. The van der Waals surface area contributed by atoms with Gasteiger partial charge in [0.1, 0.15) is 0 Å². The molecule has 11 heavy (non-hydrogen) atoms. The molecule has 0 aliphatic rings. The van der Waals surface area contributed by atoms with Crippen LogP contribution in [0, 0.1) is 0 Å². The molecule has 0 aliphatic heterocycles. The van der Waals surface area contributed by atoms with E-state index in [-0.39, 0.29) is 6.15 Å². The zero-order valence-electron chi connectivity index (χ0n) is 4.88. The first-order chi connectivity index (χ1) is 4.15. The molecule has 0 saturated heterocycles. The summed E-state index contributed by atoms with van der Waals surface area (Å²) in [6.07, 6.45) is -11.6. The molecular weight excluding hydrogens is 180 g/mol. The summed E-state index contributed by atoms with van der Waals surface area (Å²) in [6.45, 7) is 0. The Morgan fingerprint density at radius 1 is 0.818 bits per heavy atom. The molecule has 0 atom stereocenters. The molecule has 0 aliphatic carbocycles. The Balaban J connectivity index is 0. The van der Waals surface area contributed by atoms with Crippen molar-refractivity contribution < 1.29 is 31.1 Å². The van der Waals surface area contributed by atoms with Crippen molar-refractivity contribution in [2.75, 3.05) is 0 Å². The minimum atomic E-state index is -5.82. The van der Waals surface area contributed by atoms with Crippen LogP contribution in [0.1, 0.15) is 0 Å². The van der Waals surface area contributed by atoms with E-state index in [1.807, 2.05) is 0 Å². The largest absolute Gasteiger partial charge is 0.459 e. The van der Waals surface area contributed by atoms with Gasteiger partial charge in [0.25, 0.3) is 0 Å². The molecule has 0 aromatic heterocycles. The number of ketones is 1. The molecular formula is C3H3F6NO. The summed E-state index contributed by atoms with van der Waals surface area (Å²) in [5, 5.41) is 0. The second kappa shape index (κ2) is 3.07. The highest BCUT2D eigenvalue weighted by atomic mass is 19.4. The molecule has 8 heteroatoms. The van der Waals surface area contributed by atoms with Crippen LogP contribution in [-0.2, 0) is 4.79 Å². The zero-order chi connectivity index (χ0) is 8.58. The van der Waals surface area contributed by atoms with Crippen LogP contribution in [0.2, 0.25) is 0 Å². The fraction of sp³-hybridized carbons (Fsp3) is 0.667. The number of carbonyl (C=O) groups is 1. The number of Topliss-reactive ketones (excluding diaryl/α,β-unsaturated/α-hetero) is 1. The molecule has 0 fully saturated rings. The fourth-order valence-electron chi connectivity index (χ4n) is 0.161. The molecule has 3 N–H and O–H groups in total. The average Bonchev–Trinajstić information content (AvgIpc) is 1.59. The number of hydrogen-bond donors (Lipinski definition) is 1. The van der Waals surface area contributed by atoms with Crippen molar-refractivity contribution in [1.29, 1.82) is 0 Å². The van der Waals surface area contributed by atoms with Gasteiger partial charge in [-0.2, -0.15) is 26.3 Å². The van der Waals surface area contributed by atoms with Crippen LogP contribution in [0.3, 0.4) is 0 Å². The van der Waals surface area contributed by atoms with Gasteiger partial charge in [-0.3, -0.25) is 4.79 Å². The molecule has 0 amide bonds. The molecule has 0 heterocycles. The van der Waals surface area contributed by atoms with Crippen molar-refractivity contribution in [2.24, 2.45) is 0 Å². The van der Waals surface area contributed by atoms with Gasteiger partial charge < -0.3 is 6.15 Å². The number of hydrogen-bond acceptors (Lipinski definition) is 2. The summed E-state index contributed by atoms with van der Waals surface area (Å²) in [4.78, 5) is 9.24. The maximum Gasteiger partial charge on any atom is 0.459 e. The van der Waals surface area contributed by atoms with E-state index in [9.17, 15) is 31.1 Å². The maximum absolute atomic E-state index is 10.9. The molecule has 2 nitrogen and oxygen atoms in total. The third-order valence-electron chi connectivity index (χ3n) is 0.515. The number of alkyl halides is 6. The van der Waals surface area contributed by atoms with Gasteiger partial charge >= 0.3 is 18.1 Å². The van der Waals surface area contributed by atoms with Crippen LogP contribution >= 0.6 is 0 Å². The van der Waals surface area contributed by atoms with Gasteiger partial charge in [0, 0.05) is 0 Å². The van der Waals surface area contributed by atoms with E-state index in [0.29, 0.717) is 0 Å². The molecule has 0 bridgehead atoms. The summed E-state index contributed by atoms with van der Waals surface area (Å²) in [5.74, 6) is -3.68. The predicted molar refractivity (Wildman–Crippen MR) is 22.1 cm³/mol. The van der Waals surface area contributed by atoms with Crippen molar-refractivity contribution in [1.82, 2.24) is 6.15 Å². The van der Waals surface area contributed by atoms with Gasteiger partial charge in [-0.25, -0.2) is 0 Å². The normalized spacial score (nSPS) is 12.2. The van der Waals surface area contributed by atoms with Crippen molar-refractivity contribution >= 4 is 5.78 Å². The van der Waals surface area contributed by atoms with E-state index in [4.69, 9.17) is 0 Å². The van der Waals surface area contributed by atoms with E-state index in [0.717, 1.165) is 0 Å². The highest BCUT2D eigenvalue weighted by molar-refractivity contribution is 5.89. The average molecular weight is 183 g/mol. The highest BCUT2D eigenvalue weighted by Gasteiger charge is 2.55. The van der Waals surface area contributed by atoms with E-state index in [2.05, 4.69) is 0 Å². The fourth-order valence-corrected chi connectivity index (χ4v) is 0.161. The van der Waals surface area contributed by atoms with Crippen molar-refractivity contribution in [2.45, 2.75) is 12.4 Å².